The van der Waals surface area contributed by atoms with Gasteiger partial charge in [0.2, 0.25) is 11.2 Å². The lowest BCUT2D eigenvalue weighted by atomic mass is 10.1. The molecule has 5 rings (SSSR count). The summed E-state index contributed by atoms with van der Waals surface area (Å²) < 4.78 is 53.7. The first-order valence-electron chi connectivity index (χ1n) is 13.2. The van der Waals surface area contributed by atoms with Gasteiger partial charge < -0.3 is 14.3 Å². The number of halogens is 3. The highest BCUT2D eigenvalue weighted by atomic mass is 19.4. The summed E-state index contributed by atoms with van der Waals surface area (Å²) >= 11 is 0. The van der Waals surface area contributed by atoms with Crippen molar-refractivity contribution in [3.05, 3.63) is 135 Å². The summed E-state index contributed by atoms with van der Waals surface area (Å²) in [7, 11) is 0. The summed E-state index contributed by atoms with van der Waals surface area (Å²) in [6.07, 6.45) is -4.29. The first kappa shape index (κ1) is 28.0. The predicted octanol–water partition coefficient (Wildman–Crippen LogP) is 8.07. The third-order valence-corrected chi connectivity index (χ3v) is 6.79. The molecule has 1 N–H and O–H groups in total. The lowest BCUT2D eigenvalue weighted by Crippen LogP contribution is -2.23. The van der Waals surface area contributed by atoms with Gasteiger partial charge in [0.25, 0.3) is 5.76 Å². The number of hydrogen-bond acceptors (Lipinski definition) is 5. The third-order valence-electron chi connectivity index (χ3n) is 6.79. The minimum atomic E-state index is -5.03. The van der Waals surface area contributed by atoms with E-state index >= 15 is 0 Å². The molecule has 0 spiro atoms. The number of phenolic OH excluding ortho intramolecular Hbond substituents is 1. The van der Waals surface area contributed by atoms with Gasteiger partial charge in [-0.1, -0.05) is 79.7 Å². The third kappa shape index (κ3) is 6.44. The van der Waals surface area contributed by atoms with Gasteiger partial charge in [-0.2, -0.15) is 13.2 Å². The molecule has 1 heterocycles. The second kappa shape index (κ2) is 11.9. The van der Waals surface area contributed by atoms with E-state index in [1.165, 1.54) is 24.3 Å². The average molecular weight is 560 g/mol. The van der Waals surface area contributed by atoms with Gasteiger partial charge in [-0.25, -0.2) is 0 Å². The topological polar surface area (TPSA) is 62.9 Å². The normalized spacial score (nSPS) is 11.7. The second-order valence-corrected chi connectivity index (χ2v) is 9.74. The Morgan fingerprint density at radius 3 is 1.90 bits per heavy atom. The zero-order chi connectivity index (χ0) is 29.0. The standard InChI is InChI=1S/C33H28F3NO4/c1-2-22-13-15-25(16-14-22)40-31-29(39)26-17-18-28(38)27(30(26)41-32(31)33(34,35)36)21-37(19-23-9-5-3-6-10-23)20-24-11-7-4-8-12-24/h3-18,38H,2,19-21H2,1H3. The maximum atomic E-state index is 14.3. The largest absolute Gasteiger partial charge is 0.507 e. The average Bonchev–Trinajstić information content (AvgIpc) is 2.96. The Morgan fingerprint density at radius 1 is 0.780 bits per heavy atom. The van der Waals surface area contributed by atoms with Gasteiger partial charge in [-0.05, 0) is 47.4 Å². The summed E-state index contributed by atoms with van der Waals surface area (Å²) in [5.74, 6) is -2.70. The number of nitrogens with zero attached hydrogens (tertiary/aromatic N) is 1. The number of alkyl halides is 3. The Hall–Kier alpha value is -4.56. The van der Waals surface area contributed by atoms with Crippen molar-refractivity contribution in [3.63, 3.8) is 0 Å². The quantitative estimate of drug-likeness (QED) is 0.198. The number of aromatic hydroxyl groups is 1. The smallest absolute Gasteiger partial charge is 0.453 e. The maximum absolute atomic E-state index is 14.3. The van der Waals surface area contributed by atoms with E-state index in [0.717, 1.165) is 23.1 Å². The molecule has 0 bridgehead atoms. The lowest BCUT2D eigenvalue weighted by Gasteiger charge is -2.24. The van der Waals surface area contributed by atoms with Crippen LogP contribution >= 0.6 is 0 Å². The van der Waals surface area contributed by atoms with E-state index in [4.69, 9.17) is 9.15 Å². The zero-order valence-electron chi connectivity index (χ0n) is 22.3. The van der Waals surface area contributed by atoms with E-state index in [2.05, 4.69) is 0 Å². The second-order valence-electron chi connectivity index (χ2n) is 9.74. The minimum absolute atomic E-state index is 0.0197. The van der Waals surface area contributed by atoms with Gasteiger partial charge in [-0.3, -0.25) is 9.69 Å². The highest BCUT2D eigenvalue weighted by molar-refractivity contribution is 5.83. The predicted molar refractivity (Wildman–Crippen MR) is 151 cm³/mol. The van der Waals surface area contributed by atoms with E-state index in [9.17, 15) is 23.1 Å². The van der Waals surface area contributed by atoms with Gasteiger partial charge in [0.05, 0.1) is 10.9 Å². The molecule has 210 valence electrons. The Morgan fingerprint density at radius 2 is 1.37 bits per heavy atom. The molecule has 0 aliphatic carbocycles. The summed E-state index contributed by atoms with van der Waals surface area (Å²) in [6.45, 7) is 2.85. The fourth-order valence-electron chi connectivity index (χ4n) is 4.70. The summed E-state index contributed by atoms with van der Waals surface area (Å²) in [6, 6.07) is 28.2. The Balaban J connectivity index is 1.60. The number of hydrogen-bond donors (Lipinski definition) is 1. The first-order chi connectivity index (χ1) is 19.7. The highest BCUT2D eigenvalue weighted by Gasteiger charge is 2.41. The van der Waals surface area contributed by atoms with Gasteiger partial charge in [-0.15, -0.1) is 0 Å². The minimum Gasteiger partial charge on any atom is -0.507 e. The number of rotatable bonds is 9. The van der Waals surface area contributed by atoms with Gasteiger partial charge >= 0.3 is 6.18 Å². The molecule has 0 radical (unpaired) electrons. The number of phenols is 1. The molecule has 4 aromatic carbocycles. The van der Waals surface area contributed by atoms with Crippen LogP contribution in [0.25, 0.3) is 11.0 Å². The number of fused-ring (bicyclic) bond motifs is 1. The summed E-state index contributed by atoms with van der Waals surface area (Å²) in [4.78, 5) is 15.4. The van der Waals surface area contributed by atoms with Crippen LogP contribution in [0.2, 0.25) is 0 Å². The number of benzene rings is 4. The van der Waals surface area contributed by atoms with Crippen LogP contribution in [0.4, 0.5) is 13.2 Å². The van der Waals surface area contributed by atoms with E-state index in [-0.39, 0.29) is 34.6 Å². The van der Waals surface area contributed by atoms with Gasteiger partial charge in [0.1, 0.15) is 17.1 Å². The molecule has 5 nitrogen and oxygen atoms in total. The van der Waals surface area contributed by atoms with Crippen molar-refractivity contribution in [2.75, 3.05) is 0 Å². The highest BCUT2D eigenvalue weighted by Crippen LogP contribution is 2.40. The Bertz CT molecular complexity index is 1640. The molecule has 1 aromatic heterocycles. The summed E-state index contributed by atoms with van der Waals surface area (Å²) in [5.41, 5.74) is 1.69. The SMILES string of the molecule is CCc1ccc(Oc2c(C(F)(F)F)oc3c(CN(Cc4ccccc4)Cc4ccccc4)c(O)ccc3c2=O)cc1. The molecule has 0 saturated carbocycles. The van der Waals surface area contributed by atoms with Crippen LogP contribution in [0, 0.1) is 0 Å². The van der Waals surface area contributed by atoms with Crippen LogP contribution in [0.15, 0.2) is 106 Å². The maximum Gasteiger partial charge on any atom is 0.453 e. The number of ether oxygens (including phenoxy) is 1. The fraction of sp³-hybridized carbons (Fsp3) is 0.182. The zero-order valence-corrected chi connectivity index (χ0v) is 22.3. The van der Waals surface area contributed by atoms with Crippen LogP contribution in [-0.4, -0.2) is 10.0 Å². The van der Waals surface area contributed by atoms with Crippen LogP contribution in [0.3, 0.4) is 0 Å². The van der Waals surface area contributed by atoms with Crippen molar-refractivity contribution < 1.29 is 27.4 Å². The van der Waals surface area contributed by atoms with Crippen molar-refractivity contribution >= 4 is 11.0 Å². The van der Waals surface area contributed by atoms with Crippen molar-refractivity contribution in [2.24, 2.45) is 0 Å². The van der Waals surface area contributed by atoms with Crippen LogP contribution < -0.4 is 10.2 Å². The molecule has 0 aliphatic heterocycles. The monoisotopic (exact) mass is 559 g/mol. The molecule has 0 amide bonds. The molecule has 0 fully saturated rings. The Kier molecular flexibility index (Phi) is 8.12. The van der Waals surface area contributed by atoms with Crippen LogP contribution in [-0.2, 0) is 32.2 Å². The molecule has 8 heteroatoms. The molecule has 0 atom stereocenters. The summed E-state index contributed by atoms with van der Waals surface area (Å²) in [5, 5.41) is 10.7. The van der Waals surface area contributed by atoms with E-state index in [1.807, 2.05) is 72.5 Å². The van der Waals surface area contributed by atoms with E-state index in [0.29, 0.717) is 13.1 Å². The first-order valence-corrected chi connectivity index (χ1v) is 13.2. The van der Waals surface area contributed by atoms with E-state index < -0.39 is 23.1 Å². The molecule has 0 saturated heterocycles. The molecular formula is C33H28F3NO4. The molecule has 5 aromatic rings. The van der Waals surface area contributed by atoms with Crippen LogP contribution in [0.1, 0.15) is 34.9 Å². The number of aryl methyl sites for hydroxylation is 1. The molecule has 0 unspecified atom stereocenters. The molecular weight excluding hydrogens is 531 g/mol. The molecule has 41 heavy (non-hydrogen) atoms. The lowest BCUT2D eigenvalue weighted by molar-refractivity contribution is -0.154. The van der Waals surface area contributed by atoms with Crippen molar-refractivity contribution in [3.8, 4) is 17.2 Å². The van der Waals surface area contributed by atoms with Crippen molar-refractivity contribution in [1.82, 2.24) is 4.90 Å². The van der Waals surface area contributed by atoms with Gasteiger partial charge in [0, 0.05) is 19.6 Å². The van der Waals surface area contributed by atoms with Crippen LogP contribution in [0.5, 0.6) is 17.2 Å². The van der Waals surface area contributed by atoms with Gasteiger partial charge in [0.15, 0.2) is 0 Å². The fourth-order valence-corrected chi connectivity index (χ4v) is 4.70. The van der Waals surface area contributed by atoms with Crippen molar-refractivity contribution in [2.45, 2.75) is 39.2 Å². The van der Waals surface area contributed by atoms with Crippen molar-refractivity contribution in [1.29, 1.82) is 0 Å². The molecule has 0 aliphatic rings. The Labute approximate surface area is 235 Å². The van der Waals surface area contributed by atoms with E-state index in [1.54, 1.807) is 12.1 Å².